The van der Waals surface area contributed by atoms with Crippen LogP contribution in [0.3, 0.4) is 0 Å². The van der Waals surface area contributed by atoms with Crippen molar-refractivity contribution >= 4 is 35.0 Å². The zero-order valence-electron chi connectivity index (χ0n) is 14.4. The van der Waals surface area contributed by atoms with Gasteiger partial charge in [0.2, 0.25) is 11.8 Å². The number of halogens is 3. The SMILES string of the molecule is C[C@@H]1CC(=O)Nc2ccccc2N1C(=O)CSc1cccc(C(F)(F)F)c1. The van der Waals surface area contributed by atoms with Crippen LogP contribution in [0.4, 0.5) is 24.5 Å². The lowest BCUT2D eigenvalue weighted by Crippen LogP contribution is -2.40. The van der Waals surface area contributed by atoms with Crippen molar-refractivity contribution in [3.8, 4) is 0 Å². The quantitative estimate of drug-likeness (QED) is 0.777. The van der Waals surface area contributed by atoms with E-state index >= 15 is 0 Å². The van der Waals surface area contributed by atoms with Crippen LogP contribution in [0.2, 0.25) is 0 Å². The summed E-state index contributed by atoms with van der Waals surface area (Å²) in [5.74, 6) is -0.488. The van der Waals surface area contributed by atoms with Crippen LogP contribution in [-0.2, 0) is 15.8 Å². The fourth-order valence-corrected chi connectivity index (χ4v) is 3.76. The van der Waals surface area contributed by atoms with Gasteiger partial charge in [0, 0.05) is 17.4 Å². The third-order valence-corrected chi connectivity index (χ3v) is 5.13. The lowest BCUT2D eigenvalue weighted by Gasteiger charge is -2.27. The van der Waals surface area contributed by atoms with Crippen LogP contribution >= 0.6 is 11.8 Å². The molecule has 4 nitrogen and oxygen atoms in total. The first kappa shape index (κ1) is 19.3. The van der Waals surface area contributed by atoms with Crippen LogP contribution in [0.5, 0.6) is 0 Å². The van der Waals surface area contributed by atoms with E-state index in [9.17, 15) is 22.8 Å². The molecule has 1 N–H and O–H groups in total. The van der Waals surface area contributed by atoms with E-state index in [2.05, 4.69) is 5.32 Å². The standard InChI is InChI=1S/C19H17F3N2O2S/c1-12-9-17(25)23-15-7-2-3-8-16(15)24(12)18(26)11-27-14-6-4-5-13(10-14)19(20,21)22/h2-8,10,12H,9,11H2,1H3,(H,23,25)/t12-/m1/s1. The maximum Gasteiger partial charge on any atom is 0.416 e. The van der Waals surface area contributed by atoms with E-state index in [0.717, 1.165) is 23.9 Å². The molecule has 0 spiro atoms. The van der Waals surface area contributed by atoms with Gasteiger partial charge in [-0.1, -0.05) is 18.2 Å². The van der Waals surface area contributed by atoms with Gasteiger partial charge in [-0.25, -0.2) is 0 Å². The number of anilines is 2. The van der Waals surface area contributed by atoms with E-state index in [-0.39, 0.29) is 30.0 Å². The Hall–Kier alpha value is -2.48. The smallest absolute Gasteiger partial charge is 0.324 e. The second-order valence-corrected chi connectivity index (χ2v) is 7.25. The van der Waals surface area contributed by atoms with E-state index in [0.29, 0.717) is 16.3 Å². The minimum Gasteiger partial charge on any atom is -0.324 e. The van der Waals surface area contributed by atoms with E-state index in [4.69, 9.17) is 0 Å². The number of benzene rings is 2. The van der Waals surface area contributed by atoms with Gasteiger partial charge in [0.05, 0.1) is 22.7 Å². The Labute approximate surface area is 158 Å². The Morgan fingerprint density at radius 1 is 1.22 bits per heavy atom. The average molecular weight is 394 g/mol. The van der Waals surface area contributed by atoms with Crippen molar-refractivity contribution in [3.63, 3.8) is 0 Å². The molecule has 0 bridgehead atoms. The fraction of sp³-hybridized carbons (Fsp3) is 0.263. The molecule has 27 heavy (non-hydrogen) atoms. The number of amides is 2. The number of nitrogens with one attached hydrogen (secondary N) is 1. The zero-order valence-corrected chi connectivity index (χ0v) is 15.2. The van der Waals surface area contributed by atoms with E-state index < -0.39 is 11.7 Å². The molecule has 142 valence electrons. The third kappa shape index (κ3) is 4.44. The second-order valence-electron chi connectivity index (χ2n) is 6.20. The summed E-state index contributed by atoms with van der Waals surface area (Å²) in [5.41, 5.74) is 0.387. The maximum absolute atomic E-state index is 12.8. The average Bonchev–Trinajstić information content (AvgIpc) is 2.73. The van der Waals surface area contributed by atoms with Crippen LogP contribution < -0.4 is 10.2 Å². The number of alkyl halides is 3. The summed E-state index contributed by atoms with van der Waals surface area (Å²) in [5, 5.41) is 2.77. The van der Waals surface area contributed by atoms with Crippen molar-refractivity contribution in [2.24, 2.45) is 0 Å². The molecule has 0 unspecified atom stereocenters. The van der Waals surface area contributed by atoms with Gasteiger partial charge in [0.15, 0.2) is 0 Å². The van der Waals surface area contributed by atoms with Gasteiger partial charge >= 0.3 is 6.18 Å². The van der Waals surface area contributed by atoms with Crippen LogP contribution in [0, 0.1) is 0 Å². The molecule has 2 aromatic rings. The first-order chi connectivity index (χ1) is 12.8. The van der Waals surface area contributed by atoms with Gasteiger partial charge in [-0.15, -0.1) is 11.8 Å². The number of para-hydroxylation sites is 2. The summed E-state index contributed by atoms with van der Waals surface area (Å²) in [4.78, 5) is 26.7. The van der Waals surface area contributed by atoms with Gasteiger partial charge in [0.1, 0.15) is 0 Å². The minimum absolute atomic E-state index is 0.0336. The molecule has 0 aliphatic carbocycles. The van der Waals surface area contributed by atoms with Crippen LogP contribution in [0.25, 0.3) is 0 Å². The number of thioether (sulfide) groups is 1. The van der Waals surface area contributed by atoms with Gasteiger partial charge in [-0.3, -0.25) is 9.59 Å². The molecule has 1 aliphatic rings. The number of carbonyl (C=O) groups is 2. The van der Waals surface area contributed by atoms with Crippen molar-refractivity contribution in [1.29, 1.82) is 0 Å². The normalized spacial score (nSPS) is 17.1. The first-order valence-corrected chi connectivity index (χ1v) is 9.25. The van der Waals surface area contributed by atoms with Crippen molar-refractivity contribution in [1.82, 2.24) is 0 Å². The van der Waals surface area contributed by atoms with Gasteiger partial charge in [0.25, 0.3) is 0 Å². The fourth-order valence-electron chi connectivity index (χ4n) is 2.94. The highest BCUT2D eigenvalue weighted by Crippen LogP contribution is 2.34. The summed E-state index contributed by atoms with van der Waals surface area (Å²) in [6.45, 7) is 1.77. The van der Waals surface area contributed by atoms with E-state index in [1.807, 2.05) is 0 Å². The molecule has 1 aliphatic heterocycles. The largest absolute Gasteiger partial charge is 0.416 e. The Balaban J connectivity index is 1.79. The number of nitrogens with zero attached hydrogens (tertiary/aromatic N) is 1. The van der Waals surface area contributed by atoms with Crippen molar-refractivity contribution in [3.05, 3.63) is 54.1 Å². The number of hydrogen-bond donors (Lipinski definition) is 1. The van der Waals surface area contributed by atoms with Crippen molar-refractivity contribution < 1.29 is 22.8 Å². The highest BCUT2D eigenvalue weighted by molar-refractivity contribution is 8.00. The summed E-state index contributed by atoms with van der Waals surface area (Å²) >= 11 is 1.04. The predicted molar refractivity (Wildman–Crippen MR) is 98.8 cm³/mol. The summed E-state index contributed by atoms with van der Waals surface area (Å²) in [7, 11) is 0. The van der Waals surface area contributed by atoms with Crippen LogP contribution in [0.15, 0.2) is 53.4 Å². The summed E-state index contributed by atoms with van der Waals surface area (Å²) in [6, 6.07) is 11.5. The molecule has 0 saturated carbocycles. The summed E-state index contributed by atoms with van der Waals surface area (Å²) in [6.07, 6.45) is -4.28. The maximum atomic E-state index is 12.8. The van der Waals surface area contributed by atoms with Gasteiger partial charge in [-0.2, -0.15) is 13.2 Å². The van der Waals surface area contributed by atoms with Crippen LogP contribution in [-0.4, -0.2) is 23.6 Å². The van der Waals surface area contributed by atoms with Crippen molar-refractivity contribution in [2.75, 3.05) is 16.0 Å². The first-order valence-electron chi connectivity index (χ1n) is 8.26. The third-order valence-electron chi connectivity index (χ3n) is 4.15. The molecule has 0 saturated heterocycles. The molecule has 1 atom stereocenters. The Bertz CT molecular complexity index is 870. The monoisotopic (exact) mass is 394 g/mol. The topological polar surface area (TPSA) is 49.4 Å². The number of carbonyl (C=O) groups excluding carboxylic acids is 2. The molecule has 1 heterocycles. The highest BCUT2D eigenvalue weighted by Gasteiger charge is 2.31. The molecule has 0 aromatic heterocycles. The summed E-state index contributed by atoms with van der Waals surface area (Å²) < 4.78 is 38.5. The van der Waals surface area contributed by atoms with Gasteiger partial charge < -0.3 is 10.2 Å². The molecule has 3 rings (SSSR count). The molecular formula is C19H17F3N2O2S. The van der Waals surface area contributed by atoms with E-state index in [1.54, 1.807) is 31.2 Å². The molecule has 0 radical (unpaired) electrons. The number of hydrogen-bond acceptors (Lipinski definition) is 3. The molecule has 8 heteroatoms. The Kier molecular flexibility index (Phi) is 5.46. The Morgan fingerprint density at radius 3 is 2.70 bits per heavy atom. The molecule has 0 fully saturated rings. The zero-order chi connectivity index (χ0) is 19.6. The van der Waals surface area contributed by atoms with Crippen molar-refractivity contribution in [2.45, 2.75) is 30.5 Å². The Morgan fingerprint density at radius 2 is 1.96 bits per heavy atom. The number of fused-ring (bicyclic) bond motifs is 1. The van der Waals surface area contributed by atoms with Gasteiger partial charge in [-0.05, 0) is 37.3 Å². The van der Waals surface area contributed by atoms with E-state index in [1.165, 1.54) is 17.0 Å². The molecular weight excluding hydrogens is 377 g/mol. The molecule has 2 amide bonds. The minimum atomic E-state index is -4.43. The lowest BCUT2D eigenvalue weighted by molar-refractivity contribution is -0.137. The second kappa shape index (κ2) is 7.64. The van der Waals surface area contributed by atoms with Crippen LogP contribution in [0.1, 0.15) is 18.9 Å². The predicted octanol–water partition coefficient (Wildman–Crippen LogP) is 4.56. The molecule has 2 aromatic carbocycles. The number of rotatable bonds is 3. The highest BCUT2D eigenvalue weighted by atomic mass is 32.2. The lowest BCUT2D eigenvalue weighted by atomic mass is 10.2.